The van der Waals surface area contributed by atoms with Crippen molar-refractivity contribution in [3.63, 3.8) is 0 Å². The molecule has 0 saturated carbocycles. The van der Waals surface area contributed by atoms with Crippen molar-refractivity contribution >= 4 is 32.7 Å². The quantitative estimate of drug-likeness (QED) is 0.732. The maximum atomic E-state index is 11.1. The van der Waals surface area contributed by atoms with E-state index >= 15 is 0 Å². The predicted octanol–water partition coefficient (Wildman–Crippen LogP) is 0.841. The number of carbonyl (C=O) groups is 1. The fourth-order valence-corrected chi connectivity index (χ4v) is 2.28. The molecule has 0 fully saturated rings. The van der Waals surface area contributed by atoms with E-state index in [1.54, 1.807) is 16.8 Å². The smallest absolute Gasteiger partial charge is 0.241 e. The van der Waals surface area contributed by atoms with Crippen LogP contribution in [0.15, 0.2) is 22.8 Å². The molecule has 0 aliphatic carbocycles. The second-order valence-corrected chi connectivity index (χ2v) is 4.56. The Labute approximate surface area is 105 Å². The van der Waals surface area contributed by atoms with Gasteiger partial charge in [-0.1, -0.05) is 0 Å². The summed E-state index contributed by atoms with van der Waals surface area (Å²) in [6, 6.07) is 2.52. The van der Waals surface area contributed by atoms with Gasteiger partial charge in [0.15, 0.2) is 0 Å². The minimum absolute atomic E-state index is 0.576. The molecule has 0 aliphatic heterocycles. The number of hydrogen-bond donors (Lipinski definition) is 3. The maximum absolute atomic E-state index is 11.1. The van der Waals surface area contributed by atoms with E-state index in [4.69, 9.17) is 10.9 Å². The average molecular weight is 299 g/mol. The van der Waals surface area contributed by atoms with Crippen LogP contribution in [0.4, 0.5) is 0 Å². The SMILES string of the molecule is Cn1cc2cc(C(NO)C(N)=O)cc(Br)c2n1. The van der Waals surface area contributed by atoms with Gasteiger partial charge in [-0.05, 0) is 33.6 Å². The van der Waals surface area contributed by atoms with Gasteiger partial charge in [0.1, 0.15) is 11.6 Å². The summed E-state index contributed by atoms with van der Waals surface area (Å²) in [5.74, 6) is -0.650. The molecule has 7 heteroatoms. The standard InChI is InChI=1S/C10H11BrN4O2/c1-15-4-6-2-5(9(14-17)10(12)16)3-7(11)8(6)13-15/h2-4,9,14,17H,1H3,(H2,12,16). The molecule has 0 saturated heterocycles. The number of nitrogens with one attached hydrogen (secondary N) is 1. The fraction of sp³-hybridized carbons (Fsp3) is 0.200. The number of nitrogens with zero attached hydrogens (tertiary/aromatic N) is 2. The molecule has 4 N–H and O–H groups in total. The van der Waals surface area contributed by atoms with Crippen LogP contribution >= 0.6 is 15.9 Å². The first kappa shape index (κ1) is 12.0. The van der Waals surface area contributed by atoms with Crippen molar-refractivity contribution in [1.29, 1.82) is 0 Å². The topological polar surface area (TPSA) is 93.2 Å². The normalized spacial score (nSPS) is 12.9. The lowest BCUT2D eigenvalue weighted by atomic mass is 10.1. The third kappa shape index (κ3) is 2.17. The van der Waals surface area contributed by atoms with Gasteiger partial charge in [0.2, 0.25) is 5.91 Å². The molecule has 2 rings (SSSR count). The molecule has 2 aromatic rings. The number of primary amides is 1. The number of fused-ring (bicyclic) bond motifs is 1. The lowest BCUT2D eigenvalue weighted by Crippen LogP contribution is -2.31. The molecular formula is C10H11BrN4O2. The third-order valence-electron chi connectivity index (χ3n) is 2.45. The second-order valence-electron chi connectivity index (χ2n) is 3.71. The largest absolute Gasteiger partial charge is 0.368 e. The molecule has 0 aliphatic rings. The van der Waals surface area contributed by atoms with Gasteiger partial charge < -0.3 is 10.9 Å². The molecule has 17 heavy (non-hydrogen) atoms. The second kappa shape index (κ2) is 4.44. The Hall–Kier alpha value is -1.44. The van der Waals surface area contributed by atoms with E-state index in [1.165, 1.54) is 0 Å². The van der Waals surface area contributed by atoms with Crippen LogP contribution in [0.25, 0.3) is 10.9 Å². The Morgan fingerprint density at radius 1 is 1.65 bits per heavy atom. The predicted molar refractivity (Wildman–Crippen MR) is 65.3 cm³/mol. The number of aromatic nitrogens is 2. The number of amides is 1. The molecule has 0 radical (unpaired) electrons. The number of aryl methyl sites for hydroxylation is 1. The Morgan fingerprint density at radius 2 is 2.35 bits per heavy atom. The van der Waals surface area contributed by atoms with Crippen molar-refractivity contribution in [3.8, 4) is 0 Å². The summed E-state index contributed by atoms with van der Waals surface area (Å²) >= 11 is 3.37. The van der Waals surface area contributed by atoms with Crippen LogP contribution in [0.5, 0.6) is 0 Å². The molecule has 1 amide bonds. The van der Waals surface area contributed by atoms with E-state index in [0.29, 0.717) is 5.56 Å². The lowest BCUT2D eigenvalue weighted by Gasteiger charge is -2.11. The molecule has 0 spiro atoms. The number of benzene rings is 1. The first-order valence-corrected chi connectivity index (χ1v) is 5.64. The van der Waals surface area contributed by atoms with Crippen molar-refractivity contribution in [3.05, 3.63) is 28.4 Å². The summed E-state index contributed by atoms with van der Waals surface area (Å²) < 4.78 is 2.41. The van der Waals surface area contributed by atoms with Crippen molar-refractivity contribution in [2.24, 2.45) is 12.8 Å². The zero-order valence-electron chi connectivity index (χ0n) is 9.01. The maximum Gasteiger partial charge on any atom is 0.241 e. The van der Waals surface area contributed by atoms with Crippen LogP contribution < -0.4 is 11.2 Å². The summed E-state index contributed by atoms with van der Waals surface area (Å²) in [6.07, 6.45) is 1.82. The molecule has 0 bridgehead atoms. The summed E-state index contributed by atoms with van der Waals surface area (Å²) in [5, 5.41) is 14.0. The third-order valence-corrected chi connectivity index (χ3v) is 3.05. The molecular weight excluding hydrogens is 288 g/mol. The minimum Gasteiger partial charge on any atom is -0.368 e. The monoisotopic (exact) mass is 298 g/mol. The van der Waals surface area contributed by atoms with Gasteiger partial charge in [-0.2, -0.15) is 10.6 Å². The van der Waals surface area contributed by atoms with Crippen molar-refractivity contribution in [2.75, 3.05) is 0 Å². The number of halogens is 1. The van der Waals surface area contributed by atoms with Crippen LogP contribution in [-0.4, -0.2) is 20.9 Å². The van der Waals surface area contributed by atoms with Crippen LogP contribution in [0, 0.1) is 0 Å². The summed E-state index contributed by atoms with van der Waals surface area (Å²) in [7, 11) is 1.81. The zero-order chi connectivity index (χ0) is 12.6. The number of carbonyl (C=O) groups excluding carboxylic acids is 1. The zero-order valence-corrected chi connectivity index (χ0v) is 10.6. The van der Waals surface area contributed by atoms with Gasteiger partial charge in [0.05, 0.1) is 0 Å². The average Bonchev–Trinajstić information content (AvgIpc) is 2.59. The van der Waals surface area contributed by atoms with Crippen molar-refractivity contribution in [2.45, 2.75) is 6.04 Å². The van der Waals surface area contributed by atoms with Gasteiger partial charge in [-0.15, -0.1) is 0 Å². The van der Waals surface area contributed by atoms with Crippen molar-refractivity contribution in [1.82, 2.24) is 15.3 Å². The highest BCUT2D eigenvalue weighted by Gasteiger charge is 2.18. The number of hydrogen-bond acceptors (Lipinski definition) is 4. The highest BCUT2D eigenvalue weighted by Crippen LogP contribution is 2.27. The number of rotatable bonds is 3. The van der Waals surface area contributed by atoms with E-state index in [0.717, 1.165) is 15.4 Å². The molecule has 6 nitrogen and oxygen atoms in total. The van der Waals surface area contributed by atoms with Gasteiger partial charge in [-0.25, -0.2) is 0 Å². The molecule has 1 heterocycles. The van der Waals surface area contributed by atoms with Crippen LogP contribution in [0.1, 0.15) is 11.6 Å². The minimum atomic E-state index is -0.934. The van der Waals surface area contributed by atoms with E-state index < -0.39 is 11.9 Å². The van der Waals surface area contributed by atoms with Gasteiger partial charge >= 0.3 is 0 Å². The highest BCUT2D eigenvalue weighted by molar-refractivity contribution is 9.10. The first-order valence-electron chi connectivity index (χ1n) is 4.84. The Morgan fingerprint density at radius 3 is 2.94 bits per heavy atom. The van der Waals surface area contributed by atoms with Gasteiger partial charge in [0, 0.05) is 23.1 Å². The van der Waals surface area contributed by atoms with Gasteiger partial charge in [-0.3, -0.25) is 9.48 Å². The summed E-state index contributed by atoms with van der Waals surface area (Å²) in [6.45, 7) is 0. The van der Waals surface area contributed by atoms with E-state index in [9.17, 15) is 4.79 Å². The Bertz CT molecular complexity index is 581. The number of hydroxylamine groups is 1. The van der Waals surface area contributed by atoms with Crippen LogP contribution in [0.2, 0.25) is 0 Å². The molecule has 1 aromatic carbocycles. The Balaban J connectivity index is 2.59. The van der Waals surface area contributed by atoms with Crippen LogP contribution in [-0.2, 0) is 11.8 Å². The summed E-state index contributed by atoms with van der Waals surface area (Å²) in [5.41, 5.74) is 8.44. The molecule has 1 atom stereocenters. The van der Waals surface area contributed by atoms with Crippen molar-refractivity contribution < 1.29 is 10.0 Å². The molecule has 90 valence electrons. The van der Waals surface area contributed by atoms with E-state index in [-0.39, 0.29) is 0 Å². The lowest BCUT2D eigenvalue weighted by molar-refractivity contribution is -0.122. The van der Waals surface area contributed by atoms with Gasteiger partial charge in [0.25, 0.3) is 0 Å². The van der Waals surface area contributed by atoms with E-state index in [2.05, 4.69) is 21.0 Å². The summed E-state index contributed by atoms with van der Waals surface area (Å²) in [4.78, 5) is 11.1. The molecule has 1 unspecified atom stereocenters. The fourth-order valence-electron chi connectivity index (χ4n) is 1.70. The molecule has 1 aromatic heterocycles. The highest BCUT2D eigenvalue weighted by atomic mass is 79.9. The first-order chi connectivity index (χ1) is 8.02. The number of nitrogens with two attached hydrogens (primary N) is 1. The van der Waals surface area contributed by atoms with E-state index in [1.807, 2.05) is 18.7 Å². The Kier molecular flexibility index (Phi) is 3.14. The van der Waals surface area contributed by atoms with Crippen LogP contribution in [0.3, 0.4) is 0 Å².